The highest BCUT2D eigenvalue weighted by Crippen LogP contribution is 2.41. The van der Waals surface area contributed by atoms with E-state index in [-0.39, 0.29) is 38.8 Å². The molecule has 8 nitrogen and oxygen atoms in total. The van der Waals surface area contributed by atoms with Gasteiger partial charge in [0.05, 0.1) is 21.4 Å². The van der Waals surface area contributed by atoms with Gasteiger partial charge in [-0.15, -0.1) is 5.10 Å². The van der Waals surface area contributed by atoms with E-state index in [1.807, 2.05) is 0 Å². The van der Waals surface area contributed by atoms with Crippen molar-refractivity contribution in [1.29, 1.82) is 0 Å². The lowest BCUT2D eigenvalue weighted by Gasteiger charge is -2.24. The molecule has 1 aliphatic heterocycles. The highest BCUT2D eigenvalue weighted by atomic mass is 35.5. The number of amidine groups is 1. The summed E-state index contributed by atoms with van der Waals surface area (Å²) in [4.78, 5) is 27.1. The van der Waals surface area contributed by atoms with Gasteiger partial charge in [-0.05, 0) is 37.0 Å². The number of carbonyl (C=O) groups excluding carboxylic acids is 1. The summed E-state index contributed by atoms with van der Waals surface area (Å²) in [6.45, 7) is 3.60. The molecule has 30 heavy (non-hydrogen) atoms. The number of amides is 2. The lowest BCUT2D eigenvalue weighted by atomic mass is 9.99. The van der Waals surface area contributed by atoms with Crippen LogP contribution in [0.5, 0.6) is 11.5 Å². The number of benzene rings is 1. The SMILES string of the molecule is C=C1NC(=O)N(c2cc(Cl)c(Oc3c[nH]c(=O)c(C4CCCC4)c3)c(Cl)c2)N=C1N. The normalized spacial score (nSPS) is 17.1. The van der Waals surface area contributed by atoms with Crippen molar-refractivity contribution in [2.75, 3.05) is 5.01 Å². The fourth-order valence-corrected chi connectivity index (χ4v) is 4.15. The molecule has 1 saturated carbocycles. The second-order valence-electron chi connectivity index (χ2n) is 7.15. The number of anilines is 1. The average molecular weight is 448 g/mol. The first-order valence-corrected chi connectivity index (χ1v) is 10.1. The summed E-state index contributed by atoms with van der Waals surface area (Å²) in [5.41, 5.74) is 6.83. The minimum absolute atomic E-state index is 0.0647. The van der Waals surface area contributed by atoms with Crippen LogP contribution in [0.25, 0.3) is 0 Å². The van der Waals surface area contributed by atoms with Gasteiger partial charge >= 0.3 is 6.03 Å². The molecule has 2 amide bonds. The van der Waals surface area contributed by atoms with E-state index < -0.39 is 6.03 Å². The first-order chi connectivity index (χ1) is 14.3. The number of rotatable bonds is 4. The Hall–Kier alpha value is -2.97. The molecule has 4 N–H and O–H groups in total. The molecule has 156 valence electrons. The highest BCUT2D eigenvalue weighted by molar-refractivity contribution is 6.37. The molecule has 1 fully saturated rings. The second kappa shape index (κ2) is 8.04. The highest BCUT2D eigenvalue weighted by Gasteiger charge is 2.25. The number of hydrazone groups is 1. The maximum atomic E-state index is 12.2. The van der Waals surface area contributed by atoms with Gasteiger partial charge in [-0.2, -0.15) is 5.01 Å². The molecule has 0 saturated heterocycles. The van der Waals surface area contributed by atoms with Crippen LogP contribution in [0.2, 0.25) is 10.0 Å². The zero-order chi connectivity index (χ0) is 21.4. The van der Waals surface area contributed by atoms with Crippen LogP contribution in [-0.4, -0.2) is 16.9 Å². The fourth-order valence-electron chi connectivity index (χ4n) is 3.60. The Kier molecular flexibility index (Phi) is 5.44. The Balaban J connectivity index is 1.64. The summed E-state index contributed by atoms with van der Waals surface area (Å²) in [7, 11) is 0. The van der Waals surface area contributed by atoms with Gasteiger partial charge < -0.3 is 20.8 Å². The van der Waals surface area contributed by atoms with E-state index in [1.165, 1.54) is 18.3 Å². The molecule has 1 aromatic heterocycles. The predicted octanol–water partition coefficient (Wildman–Crippen LogP) is 4.45. The first kappa shape index (κ1) is 20.3. The molecule has 4 rings (SSSR count). The van der Waals surface area contributed by atoms with Crippen molar-refractivity contribution in [2.24, 2.45) is 10.8 Å². The van der Waals surface area contributed by atoms with Gasteiger partial charge in [0.25, 0.3) is 5.56 Å². The first-order valence-electron chi connectivity index (χ1n) is 9.37. The minimum Gasteiger partial charge on any atom is -0.453 e. The van der Waals surface area contributed by atoms with Crippen molar-refractivity contribution in [2.45, 2.75) is 31.6 Å². The van der Waals surface area contributed by atoms with Gasteiger partial charge in [0.1, 0.15) is 5.75 Å². The van der Waals surface area contributed by atoms with Gasteiger partial charge in [0, 0.05) is 11.8 Å². The maximum Gasteiger partial charge on any atom is 0.347 e. The number of pyridine rings is 1. The number of nitrogens with zero attached hydrogens (tertiary/aromatic N) is 2. The van der Waals surface area contributed by atoms with E-state index >= 15 is 0 Å². The van der Waals surface area contributed by atoms with Crippen LogP contribution in [0, 0.1) is 0 Å². The topological polar surface area (TPSA) is 113 Å². The lowest BCUT2D eigenvalue weighted by Crippen LogP contribution is -2.45. The van der Waals surface area contributed by atoms with Crippen LogP contribution in [-0.2, 0) is 0 Å². The number of carbonyl (C=O) groups is 1. The van der Waals surface area contributed by atoms with E-state index in [4.69, 9.17) is 33.7 Å². The smallest absolute Gasteiger partial charge is 0.347 e. The third-order valence-corrected chi connectivity index (χ3v) is 5.68. The summed E-state index contributed by atoms with van der Waals surface area (Å²) in [5.74, 6) is 0.906. The Bertz CT molecular complexity index is 1100. The number of aromatic nitrogens is 1. The summed E-state index contributed by atoms with van der Waals surface area (Å²) >= 11 is 12.8. The third kappa shape index (κ3) is 3.88. The van der Waals surface area contributed by atoms with Crippen LogP contribution < -0.4 is 26.4 Å². The van der Waals surface area contributed by atoms with Crippen LogP contribution in [0.15, 0.2) is 46.6 Å². The number of halogens is 2. The molecular weight excluding hydrogens is 429 g/mol. The predicted molar refractivity (Wildman–Crippen MR) is 117 cm³/mol. The van der Waals surface area contributed by atoms with Crippen molar-refractivity contribution in [3.05, 3.63) is 62.6 Å². The molecular formula is C20H19Cl2N5O3. The Morgan fingerprint density at radius 3 is 2.50 bits per heavy atom. The number of hydrogen-bond donors (Lipinski definition) is 3. The Morgan fingerprint density at radius 1 is 1.17 bits per heavy atom. The Morgan fingerprint density at radius 2 is 1.83 bits per heavy atom. The Labute approximate surface area is 182 Å². The number of H-pyrrole nitrogens is 1. The molecule has 0 unspecified atom stereocenters. The van der Waals surface area contributed by atoms with E-state index in [9.17, 15) is 9.59 Å². The van der Waals surface area contributed by atoms with Gasteiger partial charge in [0.15, 0.2) is 11.6 Å². The number of hydrogen-bond acceptors (Lipinski definition) is 5. The maximum absolute atomic E-state index is 12.2. The molecule has 1 aliphatic carbocycles. The van der Waals surface area contributed by atoms with Crippen LogP contribution in [0.1, 0.15) is 37.2 Å². The largest absolute Gasteiger partial charge is 0.453 e. The summed E-state index contributed by atoms with van der Waals surface area (Å²) in [6.07, 6.45) is 5.65. The van der Waals surface area contributed by atoms with Crippen LogP contribution in [0.3, 0.4) is 0 Å². The molecule has 2 heterocycles. The summed E-state index contributed by atoms with van der Waals surface area (Å²) in [5, 5.41) is 7.85. The van der Waals surface area contributed by atoms with Crippen molar-refractivity contribution in [1.82, 2.24) is 10.3 Å². The summed E-state index contributed by atoms with van der Waals surface area (Å²) in [6, 6.07) is 4.15. The van der Waals surface area contributed by atoms with Gasteiger partial charge in [-0.3, -0.25) is 4.79 Å². The van der Waals surface area contributed by atoms with E-state index in [2.05, 4.69) is 22.0 Å². The molecule has 0 atom stereocenters. The van der Waals surface area contributed by atoms with Crippen molar-refractivity contribution < 1.29 is 9.53 Å². The quantitative estimate of drug-likeness (QED) is 0.642. The molecule has 0 spiro atoms. The number of aromatic amines is 1. The van der Waals surface area contributed by atoms with E-state index in [0.717, 1.165) is 30.7 Å². The monoisotopic (exact) mass is 447 g/mol. The van der Waals surface area contributed by atoms with Crippen molar-refractivity contribution >= 4 is 40.8 Å². The zero-order valence-corrected chi connectivity index (χ0v) is 17.4. The lowest BCUT2D eigenvalue weighted by molar-refractivity contribution is 0.248. The fraction of sp³-hybridized carbons (Fsp3) is 0.250. The van der Waals surface area contributed by atoms with Crippen molar-refractivity contribution in [3.8, 4) is 11.5 Å². The van der Waals surface area contributed by atoms with E-state index in [0.29, 0.717) is 17.0 Å². The second-order valence-corrected chi connectivity index (χ2v) is 7.96. The average Bonchev–Trinajstić information content (AvgIpc) is 3.23. The molecule has 1 aromatic carbocycles. The molecule has 0 radical (unpaired) electrons. The molecule has 2 aliphatic rings. The van der Waals surface area contributed by atoms with Gasteiger partial charge in [-0.25, -0.2) is 4.79 Å². The zero-order valence-electron chi connectivity index (χ0n) is 15.9. The number of nitrogens with two attached hydrogens (primary N) is 1. The standard InChI is InChI=1S/C20H19Cl2N5O3/c1-10-18(23)26-27(20(29)25-10)12-6-15(21)17(16(22)7-12)30-13-8-14(19(28)24-9-13)11-4-2-3-5-11/h6-9,11H,1-5H2,(H2,23,26)(H,24,28)(H,25,29). The number of nitrogens with one attached hydrogen (secondary N) is 2. The number of ether oxygens (including phenoxy) is 1. The minimum atomic E-state index is -0.545. The van der Waals surface area contributed by atoms with Gasteiger partial charge in [0.2, 0.25) is 0 Å². The van der Waals surface area contributed by atoms with Crippen molar-refractivity contribution in [3.63, 3.8) is 0 Å². The summed E-state index contributed by atoms with van der Waals surface area (Å²) < 4.78 is 5.87. The molecule has 2 aromatic rings. The molecule has 10 heteroatoms. The third-order valence-electron chi connectivity index (χ3n) is 5.12. The van der Waals surface area contributed by atoms with Crippen LogP contribution in [0.4, 0.5) is 10.5 Å². The number of urea groups is 1. The van der Waals surface area contributed by atoms with Gasteiger partial charge in [-0.1, -0.05) is 42.6 Å². The van der Waals surface area contributed by atoms with E-state index in [1.54, 1.807) is 6.07 Å². The van der Waals surface area contributed by atoms with Crippen LogP contribution >= 0.6 is 23.2 Å². The molecule has 0 bridgehead atoms.